The number of anilines is 1. The topological polar surface area (TPSA) is 138 Å². The average Bonchev–Trinajstić information content (AvgIpc) is 3.26. The van der Waals surface area contributed by atoms with E-state index in [0.717, 1.165) is 5.56 Å². The van der Waals surface area contributed by atoms with Crippen molar-refractivity contribution in [2.24, 2.45) is 5.92 Å². The summed E-state index contributed by atoms with van der Waals surface area (Å²) in [5, 5.41) is 7.69. The first kappa shape index (κ1) is 32.4. The van der Waals surface area contributed by atoms with Crippen LogP contribution in [0.1, 0.15) is 59.4 Å². The zero-order chi connectivity index (χ0) is 31.6. The minimum atomic E-state index is -0.906. The Morgan fingerprint density at radius 3 is 2.00 bits per heavy atom. The van der Waals surface area contributed by atoms with E-state index in [1.807, 2.05) is 44.2 Å². The van der Waals surface area contributed by atoms with Crippen molar-refractivity contribution in [1.82, 2.24) is 20.5 Å². The molecule has 4 rings (SSSR count). The number of hydrogen-bond donors (Lipinski definition) is 4. The molecule has 1 aliphatic heterocycles. The van der Waals surface area contributed by atoms with Crippen LogP contribution < -0.4 is 16.0 Å². The molecule has 3 N–H and O–H groups in total. The number of carbonyl (C=O) groups is 5. The van der Waals surface area contributed by atoms with Gasteiger partial charge in [-0.1, -0.05) is 56.3 Å². The molecule has 0 radical (unpaired) electrons. The van der Waals surface area contributed by atoms with Gasteiger partial charge in [0.05, 0.1) is 16.4 Å². The van der Waals surface area contributed by atoms with Gasteiger partial charge in [-0.05, 0) is 55.0 Å². The smallest absolute Gasteiger partial charge is 0.261 e. The number of thiol groups is 1. The average molecular weight is 616 g/mol. The van der Waals surface area contributed by atoms with Crippen LogP contribution in [-0.4, -0.2) is 63.3 Å². The maximum Gasteiger partial charge on any atom is 0.261 e. The summed E-state index contributed by atoms with van der Waals surface area (Å²) in [7, 11) is 0. The van der Waals surface area contributed by atoms with Crippen LogP contribution in [-0.2, 0) is 20.8 Å². The molecule has 0 spiro atoms. The highest BCUT2D eigenvalue weighted by molar-refractivity contribution is 7.81. The van der Waals surface area contributed by atoms with E-state index in [-0.39, 0.29) is 37.1 Å². The maximum atomic E-state index is 13.5. The molecule has 2 heterocycles. The van der Waals surface area contributed by atoms with Crippen molar-refractivity contribution in [3.8, 4) is 0 Å². The van der Waals surface area contributed by atoms with E-state index in [9.17, 15) is 24.0 Å². The van der Waals surface area contributed by atoms with Crippen LogP contribution in [0.3, 0.4) is 0 Å². The molecule has 0 aliphatic carbocycles. The highest BCUT2D eigenvalue weighted by Gasteiger charge is 2.35. The second-order valence-electron chi connectivity index (χ2n) is 11.1. The van der Waals surface area contributed by atoms with Crippen molar-refractivity contribution in [3.63, 3.8) is 0 Å². The number of amides is 5. The van der Waals surface area contributed by atoms with E-state index in [1.165, 1.54) is 4.90 Å². The summed E-state index contributed by atoms with van der Waals surface area (Å²) in [5.41, 5.74) is 2.16. The van der Waals surface area contributed by atoms with Crippen molar-refractivity contribution < 1.29 is 24.0 Å². The van der Waals surface area contributed by atoms with Crippen LogP contribution in [0.15, 0.2) is 79.1 Å². The van der Waals surface area contributed by atoms with Gasteiger partial charge in [0.1, 0.15) is 12.1 Å². The number of hydrogen-bond acceptors (Lipinski definition) is 7. The number of nitrogens with one attached hydrogen (secondary N) is 3. The number of benzene rings is 2. The third kappa shape index (κ3) is 8.53. The summed E-state index contributed by atoms with van der Waals surface area (Å²) in [6.07, 6.45) is 4.35. The van der Waals surface area contributed by atoms with E-state index in [4.69, 9.17) is 0 Å². The highest BCUT2D eigenvalue weighted by Crippen LogP contribution is 2.23. The van der Waals surface area contributed by atoms with Crippen LogP contribution in [0.4, 0.5) is 5.69 Å². The van der Waals surface area contributed by atoms with E-state index in [1.54, 1.807) is 48.8 Å². The first-order chi connectivity index (χ1) is 21.1. The Bertz CT molecular complexity index is 1450. The van der Waals surface area contributed by atoms with Crippen LogP contribution in [0, 0.1) is 5.92 Å². The predicted molar refractivity (Wildman–Crippen MR) is 170 cm³/mol. The molecule has 1 aliphatic rings. The molecule has 0 saturated heterocycles. The first-order valence-corrected chi connectivity index (χ1v) is 15.1. The number of fused-ring (bicyclic) bond motifs is 1. The third-order valence-corrected chi connectivity index (χ3v) is 7.74. The fourth-order valence-electron chi connectivity index (χ4n) is 4.98. The van der Waals surface area contributed by atoms with E-state index in [2.05, 4.69) is 33.6 Å². The van der Waals surface area contributed by atoms with Gasteiger partial charge in [-0.15, -0.1) is 0 Å². The number of nitrogens with zero attached hydrogens (tertiary/aromatic N) is 2. The molecule has 3 atom stereocenters. The van der Waals surface area contributed by atoms with Crippen LogP contribution >= 0.6 is 12.6 Å². The molecule has 3 aromatic rings. The summed E-state index contributed by atoms with van der Waals surface area (Å²) < 4.78 is 0. The van der Waals surface area contributed by atoms with Crippen LogP contribution in [0.5, 0.6) is 0 Å². The molecule has 0 saturated carbocycles. The van der Waals surface area contributed by atoms with Gasteiger partial charge in [-0.2, -0.15) is 12.6 Å². The fourth-order valence-corrected chi connectivity index (χ4v) is 5.24. The molecule has 0 fully saturated rings. The minimum absolute atomic E-state index is 0.0662. The Kier molecular flexibility index (Phi) is 11.3. The Labute approximate surface area is 262 Å². The molecule has 1 aromatic heterocycles. The lowest BCUT2D eigenvalue weighted by molar-refractivity contribution is -0.131. The van der Waals surface area contributed by atoms with E-state index >= 15 is 0 Å². The van der Waals surface area contributed by atoms with Crippen molar-refractivity contribution in [2.75, 3.05) is 11.9 Å². The van der Waals surface area contributed by atoms with Gasteiger partial charge in [0.2, 0.25) is 17.7 Å². The number of rotatable bonds is 14. The third-order valence-electron chi connectivity index (χ3n) is 7.24. The SMILES string of the molecule is CC(C)CC(NC(=O)[C@@H](S)CCCN1C(=O)c2ccccc2C1=O)C(=O)NC(Cc1ccccc1)C(=O)Nc1ccncc1. The van der Waals surface area contributed by atoms with Crippen LogP contribution in [0.25, 0.3) is 0 Å². The van der Waals surface area contributed by atoms with Gasteiger partial charge in [0.25, 0.3) is 11.8 Å². The lowest BCUT2D eigenvalue weighted by atomic mass is 10.0. The number of imide groups is 1. The van der Waals surface area contributed by atoms with E-state index in [0.29, 0.717) is 29.7 Å². The summed E-state index contributed by atoms with van der Waals surface area (Å²) >= 11 is 4.45. The summed E-state index contributed by atoms with van der Waals surface area (Å²) in [6.45, 7) is 4.02. The Morgan fingerprint density at radius 2 is 1.39 bits per heavy atom. The predicted octanol–water partition coefficient (Wildman–Crippen LogP) is 3.65. The Hall–Kier alpha value is -4.51. The molecule has 11 heteroatoms. The van der Waals surface area contributed by atoms with Gasteiger partial charge < -0.3 is 16.0 Å². The van der Waals surface area contributed by atoms with Crippen molar-refractivity contribution in [3.05, 3.63) is 95.8 Å². The van der Waals surface area contributed by atoms with Crippen molar-refractivity contribution in [1.29, 1.82) is 0 Å². The van der Waals surface area contributed by atoms with Gasteiger partial charge in [-0.3, -0.25) is 33.9 Å². The largest absolute Gasteiger partial charge is 0.343 e. The molecule has 5 amide bonds. The Balaban J connectivity index is 1.37. The van der Waals surface area contributed by atoms with Crippen molar-refractivity contribution >= 4 is 47.9 Å². The zero-order valence-corrected chi connectivity index (χ0v) is 25.6. The maximum absolute atomic E-state index is 13.5. The van der Waals surface area contributed by atoms with Crippen molar-refractivity contribution in [2.45, 2.75) is 56.9 Å². The zero-order valence-electron chi connectivity index (χ0n) is 24.7. The summed E-state index contributed by atoms with van der Waals surface area (Å²) in [4.78, 5) is 70.3. The fraction of sp³-hybridized carbons (Fsp3) is 0.333. The lowest BCUT2D eigenvalue weighted by Gasteiger charge is -2.25. The molecular weight excluding hydrogens is 578 g/mol. The number of carbonyl (C=O) groups excluding carboxylic acids is 5. The molecule has 2 unspecified atom stereocenters. The Morgan fingerprint density at radius 1 is 0.795 bits per heavy atom. The molecule has 10 nitrogen and oxygen atoms in total. The number of aromatic nitrogens is 1. The summed E-state index contributed by atoms with van der Waals surface area (Å²) in [6, 6.07) is 17.5. The molecule has 230 valence electrons. The van der Waals surface area contributed by atoms with Gasteiger partial charge in [-0.25, -0.2) is 0 Å². The second kappa shape index (κ2) is 15.3. The van der Waals surface area contributed by atoms with Gasteiger partial charge >= 0.3 is 0 Å². The molecule has 2 aromatic carbocycles. The first-order valence-electron chi connectivity index (χ1n) is 14.6. The quantitative estimate of drug-likeness (QED) is 0.161. The highest BCUT2D eigenvalue weighted by atomic mass is 32.1. The normalized spacial score (nSPS) is 14.5. The molecular formula is C33H37N5O5S. The van der Waals surface area contributed by atoms with E-state index < -0.39 is 35.1 Å². The minimum Gasteiger partial charge on any atom is -0.343 e. The summed E-state index contributed by atoms with van der Waals surface area (Å²) in [5.74, 6) is -1.96. The second-order valence-corrected chi connectivity index (χ2v) is 11.8. The van der Waals surface area contributed by atoms with Crippen LogP contribution in [0.2, 0.25) is 0 Å². The lowest BCUT2D eigenvalue weighted by Crippen LogP contribution is -2.54. The van der Waals surface area contributed by atoms with Gasteiger partial charge in [0.15, 0.2) is 0 Å². The molecule has 44 heavy (non-hydrogen) atoms. The van der Waals surface area contributed by atoms with Gasteiger partial charge in [0, 0.05) is 31.0 Å². The molecule has 0 bridgehead atoms. The standard InChI is InChI=1S/C33H37N5O5S/c1-21(2)19-26(37-31(41)28(44)13-8-18-38-32(42)24-11-6-7-12-25(24)33(38)43)30(40)36-27(20-22-9-4-3-5-10-22)29(39)35-23-14-16-34-17-15-23/h3-7,9-12,14-17,21,26-28,44H,8,13,18-20H2,1-2H3,(H,36,40)(H,37,41)(H,34,35,39)/t26?,27?,28-/m0/s1. The number of pyridine rings is 1. The monoisotopic (exact) mass is 615 g/mol.